The largest absolute Gasteiger partial charge is 0.480 e. The van der Waals surface area contributed by atoms with Crippen LogP contribution in [0.2, 0.25) is 0 Å². The maximum atomic E-state index is 13.2. The number of halogens is 4. The van der Waals surface area contributed by atoms with Crippen LogP contribution in [0.1, 0.15) is 37.6 Å². The Balaban J connectivity index is 2.38. The van der Waals surface area contributed by atoms with Crippen molar-refractivity contribution >= 4 is 5.97 Å². The zero-order valence-corrected chi connectivity index (χ0v) is 14.5. The van der Waals surface area contributed by atoms with E-state index in [4.69, 9.17) is 0 Å². The fourth-order valence-electron chi connectivity index (χ4n) is 2.86. The standard InChI is InChI=1S/C16H21F4N3O3/c1-9(2)5-13(15(25)26)23-14(24)6-11(16(18,19)20)12(21-23)3-4-22-7-10(17)8-22/h6,9-10,13H,3-5,7-8H2,1-2H3,(H,25,26)/t13-/m0/s1. The predicted octanol–water partition coefficient (Wildman–Crippen LogP) is 2.13. The van der Waals surface area contributed by atoms with Gasteiger partial charge in [-0.1, -0.05) is 13.8 Å². The number of hydrogen-bond donors (Lipinski definition) is 1. The first-order valence-electron chi connectivity index (χ1n) is 8.28. The van der Waals surface area contributed by atoms with Crippen LogP contribution in [-0.4, -0.2) is 51.6 Å². The van der Waals surface area contributed by atoms with Gasteiger partial charge < -0.3 is 5.11 Å². The van der Waals surface area contributed by atoms with Gasteiger partial charge in [-0.25, -0.2) is 13.9 Å². The fraction of sp³-hybridized carbons (Fsp3) is 0.688. The minimum absolute atomic E-state index is 0.0582. The second-order valence-electron chi connectivity index (χ2n) is 6.88. The molecular formula is C16H21F4N3O3. The van der Waals surface area contributed by atoms with Crippen LogP contribution in [0, 0.1) is 5.92 Å². The van der Waals surface area contributed by atoms with Crippen molar-refractivity contribution in [3.05, 3.63) is 27.7 Å². The van der Waals surface area contributed by atoms with Crippen molar-refractivity contribution in [1.29, 1.82) is 0 Å². The van der Waals surface area contributed by atoms with Crippen LogP contribution in [0.3, 0.4) is 0 Å². The summed E-state index contributed by atoms with van der Waals surface area (Å²) < 4.78 is 53.2. The Kier molecular flexibility index (Phi) is 6.05. The molecule has 1 aromatic rings. The summed E-state index contributed by atoms with van der Waals surface area (Å²) in [7, 11) is 0. The van der Waals surface area contributed by atoms with Gasteiger partial charge in [0.15, 0.2) is 6.04 Å². The summed E-state index contributed by atoms with van der Waals surface area (Å²) in [5, 5.41) is 13.1. The molecule has 1 aromatic heterocycles. The van der Waals surface area contributed by atoms with E-state index in [1.165, 1.54) is 0 Å². The summed E-state index contributed by atoms with van der Waals surface area (Å²) >= 11 is 0. The van der Waals surface area contributed by atoms with Crippen LogP contribution < -0.4 is 5.56 Å². The Hall–Kier alpha value is -1.97. The molecule has 2 rings (SSSR count). The molecule has 1 fully saturated rings. The fourth-order valence-corrected chi connectivity index (χ4v) is 2.86. The molecule has 0 aromatic carbocycles. The Morgan fingerprint density at radius 1 is 1.38 bits per heavy atom. The highest BCUT2D eigenvalue weighted by Crippen LogP contribution is 2.31. The Bertz CT molecular complexity index is 712. The Labute approximate surface area is 147 Å². The zero-order valence-electron chi connectivity index (χ0n) is 14.5. The summed E-state index contributed by atoms with van der Waals surface area (Å²) in [6.45, 7) is 3.92. The van der Waals surface area contributed by atoms with Gasteiger partial charge in [0.2, 0.25) is 0 Å². The van der Waals surface area contributed by atoms with E-state index < -0.39 is 41.2 Å². The summed E-state index contributed by atoms with van der Waals surface area (Å²) in [4.78, 5) is 25.2. The van der Waals surface area contributed by atoms with Crippen LogP contribution in [0.5, 0.6) is 0 Å². The molecule has 0 radical (unpaired) electrons. The monoisotopic (exact) mass is 379 g/mol. The van der Waals surface area contributed by atoms with Gasteiger partial charge in [0.25, 0.3) is 5.56 Å². The predicted molar refractivity (Wildman–Crippen MR) is 84.7 cm³/mol. The summed E-state index contributed by atoms with van der Waals surface area (Å²) in [6, 6.07) is -0.949. The molecule has 10 heteroatoms. The van der Waals surface area contributed by atoms with Crippen LogP contribution in [0.15, 0.2) is 10.9 Å². The molecule has 1 N–H and O–H groups in total. The first-order chi connectivity index (χ1) is 12.0. The quantitative estimate of drug-likeness (QED) is 0.735. The third kappa shape index (κ3) is 4.80. The molecule has 0 unspecified atom stereocenters. The lowest BCUT2D eigenvalue weighted by molar-refractivity contribution is -0.142. The molecule has 0 saturated carbocycles. The first kappa shape index (κ1) is 20.3. The van der Waals surface area contributed by atoms with Gasteiger partial charge in [-0.2, -0.15) is 18.3 Å². The van der Waals surface area contributed by atoms with Crippen LogP contribution in [0.25, 0.3) is 0 Å². The summed E-state index contributed by atoms with van der Waals surface area (Å²) in [5.74, 6) is -1.43. The van der Waals surface area contributed by atoms with Crippen LogP contribution in [-0.2, 0) is 17.4 Å². The molecule has 1 saturated heterocycles. The van der Waals surface area contributed by atoms with Gasteiger partial charge in [-0.15, -0.1) is 0 Å². The normalized spacial score (nSPS) is 17.3. The lowest BCUT2D eigenvalue weighted by Crippen LogP contribution is -2.49. The number of rotatable bonds is 7. The number of aliphatic carboxylic acids is 1. The summed E-state index contributed by atoms with van der Waals surface area (Å²) in [6.07, 6.45) is -5.87. The van der Waals surface area contributed by atoms with E-state index >= 15 is 0 Å². The maximum absolute atomic E-state index is 13.2. The average molecular weight is 379 g/mol. The number of carboxylic acid groups (broad SMARTS) is 1. The molecule has 2 heterocycles. The lowest BCUT2D eigenvalue weighted by Gasteiger charge is -2.34. The van der Waals surface area contributed by atoms with Crippen LogP contribution >= 0.6 is 0 Å². The van der Waals surface area contributed by atoms with Crippen molar-refractivity contribution in [2.45, 2.75) is 45.1 Å². The summed E-state index contributed by atoms with van der Waals surface area (Å²) in [5.41, 5.74) is -2.69. The minimum Gasteiger partial charge on any atom is -0.480 e. The van der Waals surface area contributed by atoms with Crippen LogP contribution in [0.4, 0.5) is 17.6 Å². The number of aromatic nitrogens is 2. The molecule has 0 bridgehead atoms. The van der Waals surface area contributed by atoms with Gasteiger partial charge in [0, 0.05) is 32.1 Å². The highest BCUT2D eigenvalue weighted by atomic mass is 19.4. The van der Waals surface area contributed by atoms with Gasteiger partial charge in [0.1, 0.15) is 6.17 Å². The van der Waals surface area contributed by atoms with Gasteiger partial charge >= 0.3 is 12.1 Å². The van der Waals surface area contributed by atoms with E-state index in [0.29, 0.717) is 10.7 Å². The number of likely N-dealkylation sites (tertiary alicyclic amines) is 1. The van der Waals surface area contributed by atoms with Gasteiger partial charge in [0.05, 0.1) is 11.3 Å². The lowest BCUT2D eigenvalue weighted by atomic mass is 10.0. The molecule has 1 atom stereocenters. The van der Waals surface area contributed by atoms with E-state index in [1.807, 2.05) is 0 Å². The van der Waals surface area contributed by atoms with Crippen molar-refractivity contribution in [2.75, 3.05) is 19.6 Å². The van der Waals surface area contributed by atoms with E-state index in [9.17, 15) is 32.3 Å². The Morgan fingerprint density at radius 3 is 2.46 bits per heavy atom. The Morgan fingerprint density at radius 2 is 2.00 bits per heavy atom. The molecule has 1 aliphatic rings. The van der Waals surface area contributed by atoms with Gasteiger partial charge in [-0.3, -0.25) is 9.69 Å². The van der Waals surface area contributed by atoms with E-state index in [2.05, 4.69) is 5.10 Å². The molecular weight excluding hydrogens is 358 g/mol. The molecule has 0 spiro atoms. The van der Waals surface area contributed by atoms with Crippen molar-refractivity contribution in [2.24, 2.45) is 5.92 Å². The number of carboxylic acids is 1. The molecule has 0 aliphatic carbocycles. The number of nitrogens with zero attached hydrogens (tertiary/aromatic N) is 3. The van der Waals surface area contributed by atoms with Crippen molar-refractivity contribution < 1.29 is 27.5 Å². The SMILES string of the molecule is CC(C)C[C@@H](C(=O)O)n1nc(CCN2CC(F)C2)c(C(F)(F)F)cc1=O. The zero-order chi connectivity index (χ0) is 19.6. The molecule has 26 heavy (non-hydrogen) atoms. The molecule has 146 valence electrons. The highest BCUT2D eigenvalue weighted by Gasteiger charge is 2.37. The number of alkyl halides is 4. The number of carbonyl (C=O) groups is 1. The van der Waals surface area contributed by atoms with E-state index in [1.54, 1.807) is 18.7 Å². The van der Waals surface area contributed by atoms with E-state index in [0.717, 1.165) is 0 Å². The maximum Gasteiger partial charge on any atom is 0.418 e. The smallest absolute Gasteiger partial charge is 0.418 e. The van der Waals surface area contributed by atoms with E-state index in [-0.39, 0.29) is 38.4 Å². The third-order valence-corrected chi connectivity index (χ3v) is 4.19. The average Bonchev–Trinajstić information content (AvgIpc) is 2.47. The second-order valence-corrected chi connectivity index (χ2v) is 6.88. The number of hydrogen-bond acceptors (Lipinski definition) is 4. The highest BCUT2D eigenvalue weighted by molar-refractivity contribution is 5.71. The third-order valence-electron chi connectivity index (χ3n) is 4.19. The van der Waals surface area contributed by atoms with Crippen molar-refractivity contribution in [3.8, 4) is 0 Å². The molecule has 1 aliphatic heterocycles. The van der Waals surface area contributed by atoms with Crippen molar-refractivity contribution in [3.63, 3.8) is 0 Å². The second kappa shape index (κ2) is 7.73. The first-order valence-corrected chi connectivity index (χ1v) is 8.28. The van der Waals surface area contributed by atoms with Crippen molar-refractivity contribution in [1.82, 2.24) is 14.7 Å². The topological polar surface area (TPSA) is 75.4 Å². The van der Waals surface area contributed by atoms with Gasteiger partial charge in [-0.05, 0) is 12.3 Å². The molecule has 6 nitrogen and oxygen atoms in total. The molecule has 0 amide bonds. The minimum atomic E-state index is -4.78.